The summed E-state index contributed by atoms with van der Waals surface area (Å²) in [6, 6.07) is 0. The lowest BCUT2D eigenvalue weighted by atomic mass is 10.4. The average Bonchev–Trinajstić information content (AvgIpc) is 2.13. The first-order chi connectivity index (χ1) is 6.31. The molecule has 2 nitrogen and oxygen atoms in total. The molecule has 0 radical (unpaired) electrons. The zero-order valence-electron chi connectivity index (χ0n) is 8.34. The molecular formula is C10H19NOS. The third kappa shape index (κ3) is 9.47. The molecule has 0 aromatic heterocycles. The van der Waals surface area contributed by atoms with E-state index in [4.69, 9.17) is 0 Å². The summed E-state index contributed by atoms with van der Waals surface area (Å²) in [6.45, 7) is 6.46. The average molecular weight is 201 g/mol. The van der Waals surface area contributed by atoms with E-state index in [9.17, 15) is 4.79 Å². The molecule has 0 saturated carbocycles. The molecule has 0 fully saturated rings. The Hall–Kier alpha value is -0.440. The van der Waals surface area contributed by atoms with E-state index < -0.39 is 0 Å². The van der Waals surface area contributed by atoms with Gasteiger partial charge in [-0.2, -0.15) is 11.8 Å². The van der Waals surface area contributed by atoms with Crippen molar-refractivity contribution in [1.82, 2.24) is 5.32 Å². The van der Waals surface area contributed by atoms with Gasteiger partial charge in [-0.25, -0.2) is 0 Å². The van der Waals surface area contributed by atoms with Crippen LogP contribution in [0.15, 0.2) is 12.7 Å². The molecule has 0 rings (SSSR count). The number of amides is 1. The summed E-state index contributed by atoms with van der Waals surface area (Å²) >= 11 is 1.71. The lowest BCUT2D eigenvalue weighted by Gasteiger charge is -2.02. The van der Waals surface area contributed by atoms with Gasteiger partial charge in [0.15, 0.2) is 0 Å². The first-order valence-corrected chi connectivity index (χ1v) is 5.92. The summed E-state index contributed by atoms with van der Waals surface area (Å²) in [6.07, 6.45) is 5.06. The van der Waals surface area contributed by atoms with E-state index in [1.165, 1.54) is 12.8 Å². The molecule has 13 heavy (non-hydrogen) atoms. The first kappa shape index (κ1) is 12.6. The normalized spacial score (nSPS) is 9.62. The predicted octanol–water partition coefficient (Wildman–Crippen LogP) is 2.21. The fourth-order valence-corrected chi connectivity index (χ4v) is 1.70. The Morgan fingerprint density at radius 2 is 2.38 bits per heavy atom. The van der Waals surface area contributed by atoms with Gasteiger partial charge in [0.25, 0.3) is 0 Å². The summed E-state index contributed by atoms with van der Waals surface area (Å²) < 4.78 is 0. The van der Waals surface area contributed by atoms with Gasteiger partial charge in [-0.1, -0.05) is 19.4 Å². The van der Waals surface area contributed by atoms with Crippen LogP contribution in [0.2, 0.25) is 0 Å². The predicted molar refractivity (Wildman–Crippen MR) is 60.1 cm³/mol. The van der Waals surface area contributed by atoms with Crippen LogP contribution in [0.25, 0.3) is 0 Å². The van der Waals surface area contributed by atoms with Gasteiger partial charge < -0.3 is 5.32 Å². The highest BCUT2D eigenvalue weighted by Crippen LogP contribution is 2.03. The van der Waals surface area contributed by atoms with Gasteiger partial charge in [0.2, 0.25) is 5.91 Å². The van der Waals surface area contributed by atoms with Crippen molar-refractivity contribution < 1.29 is 4.79 Å². The van der Waals surface area contributed by atoms with Crippen LogP contribution in [-0.4, -0.2) is 24.0 Å². The lowest BCUT2D eigenvalue weighted by Crippen LogP contribution is -2.25. The van der Waals surface area contributed by atoms with Crippen molar-refractivity contribution in [3.05, 3.63) is 12.7 Å². The van der Waals surface area contributed by atoms with Gasteiger partial charge in [0.05, 0.1) is 5.75 Å². The molecule has 0 aliphatic rings. The molecular weight excluding hydrogens is 182 g/mol. The smallest absolute Gasteiger partial charge is 0.230 e. The molecule has 0 unspecified atom stereocenters. The molecule has 0 aliphatic heterocycles. The number of rotatable bonds is 8. The van der Waals surface area contributed by atoms with E-state index >= 15 is 0 Å². The van der Waals surface area contributed by atoms with Crippen LogP contribution in [0, 0.1) is 0 Å². The Bertz CT molecular complexity index is 148. The number of nitrogens with one attached hydrogen (secondary N) is 1. The number of carbonyl (C=O) groups is 1. The fraction of sp³-hybridized carbons (Fsp3) is 0.700. The highest BCUT2D eigenvalue weighted by molar-refractivity contribution is 7.99. The minimum Gasteiger partial charge on any atom is -0.355 e. The number of thioether (sulfide) groups is 1. The van der Waals surface area contributed by atoms with E-state index in [0.717, 1.165) is 18.7 Å². The molecule has 0 heterocycles. The minimum atomic E-state index is 0.142. The van der Waals surface area contributed by atoms with Crippen LogP contribution in [0.4, 0.5) is 0 Å². The topological polar surface area (TPSA) is 29.1 Å². The van der Waals surface area contributed by atoms with Crippen LogP contribution in [-0.2, 0) is 4.79 Å². The van der Waals surface area contributed by atoms with Gasteiger partial charge in [-0.3, -0.25) is 4.79 Å². The Labute approximate surface area is 85.2 Å². The van der Waals surface area contributed by atoms with Gasteiger partial charge in [-0.15, -0.1) is 6.58 Å². The van der Waals surface area contributed by atoms with Crippen LogP contribution < -0.4 is 5.32 Å². The summed E-state index contributed by atoms with van der Waals surface area (Å²) in [7, 11) is 0. The third-order valence-corrected chi connectivity index (χ3v) is 2.59. The molecule has 3 heteroatoms. The molecule has 1 amide bonds. The Balaban J connectivity index is 3.15. The van der Waals surface area contributed by atoms with Crippen molar-refractivity contribution in [3.8, 4) is 0 Å². The number of hydrogen-bond acceptors (Lipinski definition) is 2. The van der Waals surface area contributed by atoms with Gasteiger partial charge in [0, 0.05) is 6.54 Å². The van der Waals surface area contributed by atoms with E-state index in [0.29, 0.717) is 5.75 Å². The molecule has 0 saturated heterocycles. The maximum atomic E-state index is 11.1. The molecule has 0 aliphatic carbocycles. The third-order valence-electron chi connectivity index (χ3n) is 1.55. The molecule has 0 bridgehead atoms. The number of hydrogen-bond donors (Lipinski definition) is 1. The van der Waals surface area contributed by atoms with Gasteiger partial charge >= 0.3 is 0 Å². The molecule has 76 valence electrons. The van der Waals surface area contributed by atoms with Crippen LogP contribution in [0.3, 0.4) is 0 Å². The van der Waals surface area contributed by atoms with Crippen molar-refractivity contribution in [1.29, 1.82) is 0 Å². The zero-order valence-corrected chi connectivity index (χ0v) is 9.16. The lowest BCUT2D eigenvalue weighted by molar-refractivity contribution is -0.118. The monoisotopic (exact) mass is 201 g/mol. The van der Waals surface area contributed by atoms with Crippen molar-refractivity contribution in [2.24, 2.45) is 0 Å². The SMILES string of the molecule is C=CCCNC(=O)CSCCCC. The maximum Gasteiger partial charge on any atom is 0.230 e. The Morgan fingerprint density at radius 3 is 3.00 bits per heavy atom. The molecule has 0 aromatic carbocycles. The standard InChI is InChI=1S/C10H19NOS/c1-3-5-7-11-10(12)9-13-8-6-4-2/h3H,1,4-9H2,2H3,(H,11,12). The van der Waals surface area contributed by atoms with Crippen molar-refractivity contribution in [2.45, 2.75) is 26.2 Å². The molecule has 0 aromatic rings. The zero-order chi connectivity index (χ0) is 9.94. The maximum absolute atomic E-state index is 11.1. The molecule has 0 spiro atoms. The Morgan fingerprint density at radius 1 is 1.62 bits per heavy atom. The quantitative estimate of drug-likeness (QED) is 0.482. The first-order valence-electron chi connectivity index (χ1n) is 4.76. The second-order valence-electron chi connectivity index (χ2n) is 2.83. The second-order valence-corrected chi connectivity index (χ2v) is 3.94. The van der Waals surface area contributed by atoms with Crippen molar-refractivity contribution >= 4 is 17.7 Å². The van der Waals surface area contributed by atoms with Crippen molar-refractivity contribution in [2.75, 3.05) is 18.1 Å². The summed E-state index contributed by atoms with van der Waals surface area (Å²) in [5.74, 6) is 1.82. The van der Waals surface area contributed by atoms with E-state index in [2.05, 4.69) is 18.8 Å². The largest absolute Gasteiger partial charge is 0.355 e. The molecule has 0 atom stereocenters. The summed E-state index contributed by atoms with van der Waals surface area (Å²) in [5.41, 5.74) is 0. The van der Waals surface area contributed by atoms with Crippen LogP contribution in [0.5, 0.6) is 0 Å². The Kier molecular flexibility index (Phi) is 9.32. The summed E-state index contributed by atoms with van der Waals surface area (Å²) in [4.78, 5) is 11.1. The second kappa shape index (κ2) is 9.65. The van der Waals surface area contributed by atoms with E-state index in [1.807, 2.05) is 6.08 Å². The van der Waals surface area contributed by atoms with Crippen LogP contribution >= 0.6 is 11.8 Å². The van der Waals surface area contributed by atoms with E-state index in [1.54, 1.807) is 11.8 Å². The molecule has 1 N–H and O–H groups in total. The van der Waals surface area contributed by atoms with E-state index in [-0.39, 0.29) is 5.91 Å². The number of unbranched alkanes of at least 4 members (excludes halogenated alkanes) is 1. The summed E-state index contributed by atoms with van der Waals surface area (Å²) in [5, 5.41) is 2.83. The number of carbonyl (C=O) groups excluding carboxylic acids is 1. The fourth-order valence-electron chi connectivity index (χ4n) is 0.776. The van der Waals surface area contributed by atoms with Crippen LogP contribution in [0.1, 0.15) is 26.2 Å². The van der Waals surface area contributed by atoms with Crippen molar-refractivity contribution in [3.63, 3.8) is 0 Å². The minimum absolute atomic E-state index is 0.142. The highest BCUT2D eigenvalue weighted by Gasteiger charge is 1.98. The van der Waals surface area contributed by atoms with Gasteiger partial charge in [0.1, 0.15) is 0 Å². The highest BCUT2D eigenvalue weighted by atomic mass is 32.2. The van der Waals surface area contributed by atoms with Gasteiger partial charge in [-0.05, 0) is 18.6 Å².